The highest BCUT2D eigenvalue weighted by molar-refractivity contribution is 5.88. The number of fused-ring (bicyclic) bond motifs is 1. The standard InChI is InChI=1S/C12H14N2O2/c15-8-9-2-1-6-14(9)12-10-4-7-16-11(10)3-5-13-12/h3-5,7,9,15H,1-2,6,8H2. The molecule has 1 N–H and O–H groups in total. The average Bonchev–Trinajstić information content (AvgIpc) is 2.96. The molecule has 3 rings (SSSR count). The molecule has 0 bridgehead atoms. The number of aromatic nitrogens is 1. The highest BCUT2D eigenvalue weighted by Gasteiger charge is 2.26. The van der Waals surface area contributed by atoms with E-state index in [4.69, 9.17) is 4.42 Å². The van der Waals surface area contributed by atoms with Crippen LogP contribution >= 0.6 is 0 Å². The lowest BCUT2D eigenvalue weighted by Gasteiger charge is -2.24. The Morgan fingerprint density at radius 1 is 1.50 bits per heavy atom. The number of aliphatic hydroxyl groups excluding tert-OH is 1. The van der Waals surface area contributed by atoms with Gasteiger partial charge in [-0.05, 0) is 25.0 Å². The summed E-state index contributed by atoms with van der Waals surface area (Å²) in [4.78, 5) is 6.59. The van der Waals surface area contributed by atoms with Crippen molar-refractivity contribution >= 4 is 16.8 Å². The lowest BCUT2D eigenvalue weighted by molar-refractivity contribution is 0.266. The van der Waals surface area contributed by atoms with Crippen LogP contribution in [-0.4, -0.2) is 29.3 Å². The van der Waals surface area contributed by atoms with E-state index in [0.717, 1.165) is 36.2 Å². The van der Waals surface area contributed by atoms with E-state index in [1.807, 2.05) is 12.1 Å². The van der Waals surface area contributed by atoms with Crippen molar-refractivity contribution in [1.82, 2.24) is 4.98 Å². The molecular weight excluding hydrogens is 204 g/mol. The third kappa shape index (κ3) is 1.38. The molecule has 0 aromatic carbocycles. The summed E-state index contributed by atoms with van der Waals surface area (Å²) in [7, 11) is 0. The second-order valence-corrected chi connectivity index (χ2v) is 4.14. The summed E-state index contributed by atoms with van der Waals surface area (Å²) in [5.74, 6) is 0.933. The Labute approximate surface area is 93.5 Å². The molecule has 1 fully saturated rings. The zero-order valence-corrected chi connectivity index (χ0v) is 8.97. The summed E-state index contributed by atoms with van der Waals surface area (Å²) >= 11 is 0. The Hall–Kier alpha value is -1.55. The predicted octanol–water partition coefficient (Wildman–Crippen LogP) is 1.79. The van der Waals surface area contributed by atoms with Gasteiger partial charge < -0.3 is 14.4 Å². The molecule has 2 aromatic rings. The van der Waals surface area contributed by atoms with Crippen LogP contribution in [0.15, 0.2) is 29.0 Å². The van der Waals surface area contributed by atoms with E-state index in [1.54, 1.807) is 12.5 Å². The Kier molecular flexibility index (Phi) is 2.29. The first kappa shape index (κ1) is 9.66. The van der Waals surface area contributed by atoms with Crippen molar-refractivity contribution in [2.24, 2.45) is 0 Å². The molecule has 4 nitrogen and oxygen atoms in total. The molecular formula is C12H14N2O2. The van der Waals surface area contributed by atoms with Crippen LogP contribution in [0.3, 0.4) is 0 Å². The zero-order chi connectivity index (χ0) is 11.0. The largest absolute Gasteiger partial charge is 0.464 e. The van der Waals surface area contributed by atoms with Gasteiger partial charge in [0.1, 0.15) is 11.4 Å². The second kappa shape index (κ2) is 3.79. The first-order chi connectivity index (χ1) is 7.90. The van der Waals surface area contributed by atoms with Gasteiger partial charge in [-0.2, -0.15) is 0 Å². The minimum absolute atomic E-state index is 0.190. The Morgan fingerprint density at radius 3 is 3.31 bits per heavy atom. The van der Waals surface area contributed by atoms with Gasteiger partial charge >= 0.3 is 0 Å². The molecule has 0 radical (unpaired) electrons. The predicted molar refractivity (Wildman–Crippen MR) is 61.5 cm³/mol. The van der Waals surface area contributed by atoms with E-state index >= 15 is 0 Å². The molecule has 2 aromatic heterocycles. The van der Waals surface area contributed by atoms with Crippen LogP contribution in [-0.2, 0) is 0 Å². The van der Waals surface area contributed by atoms with E-state index in [2.05, 4.69) is 9.88 Å². The van der Waals surface area contributed by atoms with Crippen LogP contribution in [0, 0.1) is 0 Å². The van der Waals surface area contributed by atoms with Crippen molar-refractivity contribution in [1.29, 1.82) is 0 Å². The molecule has 84 valence electrons. The molecule has 0 saturated carbocycles. The Balaban J connectivity index is 2.07. The topological polar surface area (TPSA) is 49.5 Å². The van der Waals surface area contributed by atoms with Gasteiger partial charge in [0.05, 0.1) is 24.3 Å². The quantitative estimate of drug-likeness (QED) is 0.834. The van der Waals surface area contributed by atoms with Crippen molar-refractivity contribution in [2.45, 2.75) is 18.9 Å². The summed E-state index contributed by atoms with van der Waals surface area (Å²) < 4.78 is 5.36. The number of anilines is 1. The minimum Gasteiger partial charge on any atom is -0.464 e. The smallest absolute Gasteiger partial charge is 0.140 e. The zero-order valence-electron chi connectivity index (χ0n) is 8.97. The number of furan rings is 1. The van der Waals surface area contributed by atoms with Gasteiger partial charge in [-0.25, -0.2) is 4.98 Å². The van der Waals surface area contributed by atoms with Gasteiger partial charge in [0.15, 0.2) is 0 Å². The first-order valence-electron chi connectivity index (χ1n) is 5.60. The van der Waals surface area contributed by atoms with E-state index in [-0.39, 0.29) is 12.6 Å². The molecule has 1 aliphatic rings. The maximum Gasteiger partial charge on any atom is 0.140 e. The van der Waals surface area contributed by atoms with Crippen LogP contribution in [0.25, 0.3) is 11.0 Å². The van der Waals surface area contributed by atoms with Crippen molar-refractivity contribution in [2.75, 3.05) is 18.1 Å². The van der Waals surface area contributed by atoms with Crippen molar-refractivity contribution in [3.05, 3.63) is 24.6 Å². The molecule has 1 unspecified atom stereocenters. The maximum absolute atomic E-state index is 9.33. The van der Waals surface area contributed by atoms with E-state index in [0.29, 0.717) is 0 Å². The van der Waals surface area contributed by atoms with Crippen LogP contribution in [0.2, 0.25) is 0 Å². The minimum atomic E-state index is 0.190. The highest BCUT2D eigenvalue weighted by atomic mass is 16.3. The third-order valence-electron chi connectivity index (χ3n) is 3.22. The Morgan fingerprint density at radius 2 is 2.44 bits per heavy atom. The number of hydrogen-bond donors (Lipinski definition) is 1. The fraction of sp³-hybridized carbons (Fsp3) is 0.417. The first-order valence-corrected chi connectivity index (χ1v) is 5.60. The van der Waals surface area contributed by atoms with Crippen molar-refractivity contribution in [3.8, 4) is 0 Å². The number of rotatable bonds is 2. The summed E-state index contributed by atoms with van der Waals surface area (Å²) in [6.07, 6.45) is 5.58. The van der Waals surface area contributed by atoms with E-state index in [9.17, 15) is 5.11 Å². The number of nitrogens with zero attached hydrogens (tertiary/aromatic N) is 2. The summed E-state index contributed by atoms with van der Waals surface area (Å²) in [6, 6.07) is 4.00. The number of hydrogen-bond acceptors (Lipinski definition) is 4. The molecule has 4 heteroatoms. The van der Waals surface area contributed by atoms with E-state index < -0.39 is 0 Å². The van der Waals surface area contributed by atoms with E-state index in [1.165, 1.54) is 0 Å². The lowest BCUT2D eigenvalue weighted by Crippen LogP contribution is -2.32. The molecule has 1 saturated heterocycles. The fourth-order valence-corrected chi connectivity index (χ4v) is 2.41. The number of pyridine rings is 1. The van der Waals surface area contributed by atoms with Gasteiger partial charge in [-0.15, -0.1) is 0 Å². The molecule has 1 atom stereocenters. The fourth-order valence-electron chi connectivity index (χ4n) is 2.41. The van der Waals surface area contributed by atoms with Crippen LogP contribution < -0.4 is 4.90 Å². The van der Waals surface area contributed by atoms with Gasteiger partial charge in [-0.1, -0.05) is 0 Å². The van der Waals surface area contributed by atoms with Crippen molar-refractivity contribution < 1.29 is 9.52 Å². The highest BCUT2D eigenvalue weighted by Crippen LogP contribution is 2.30. The third-order valence-corrected chi connectivity index (χ3v) is 3.22. The molecule has 0 spiro atoms. The SMILES string of the molecule is OCC1CCCN1c1nccc2occc12. The van der Waals surface area contributed by atoms with Gasteiger partial charge in [0, 0.05) is 12.7 Å². The van der Waals surface area contributed by atoms with Crippen LogP contribution in [0.4, 0.5) is 5.82 Å². The molecule has 1 aliphatic heterocycles. The van der Waals surface area contributed by atoms with Crippen LogP contribution in [0.5, 0.6) is 0 Å². The molecule has 3 heterocycles. The summed E-state index contributed by atoms with van der Waals surface area (Å²) in [5, 5.41) is 10.4. The maximum atomic E-state index is 9.33. The van der Waals surface area contributed by atoms with Crippen molar-refractivity contribution in [3.63, 3.8) is 0 Å². The number of aliphatic hydroxyl groups is 1. The summed E-state index contributed by atoms with van der Waals surface area (Å²) in [6.45, 7) is 1.15. The van der Waals surface area contributed by atoms with Gasteiger partial charge in [-0.3, -0.25) is 0 Å². The Bertz CT molecular complexity index is 494. The summed E-state index contributed by atoms with van der Waals surface area (Å²) in [5.41, 5.74) is 0.855. The monoisotopic (exact) mass is 218 g/mol. The normalized spacial score (nSPS) is 20.8. The van der Waals surface area contributed by atoms with Gasteiger partial charge in [0.25, 0.3) is 0 Å². The lowest BCUT2D eigenvalue weighted by atomic mass is 10.2. The molecule has 0 aliphatic carbocycles. The second-order valence-electron chi connectivity index (χ2n) is 4.14. The van der Waals surface area contributed by atoms with Crippen LogP contribution in [0.1, 0.15) is 12.8 Å². The molecule has 16 heavy (non-hydrogen) atoms. The molecule has 0 amide bonds. The van der Waals surface area contributed by atoms with Gasteiger partial charge in [0.2, 0.25) is 0 Å². The average molecular weight is 218 g/mol.